The summed E-state index contributed by atoms with van der Waals surface area (Å²) in [5.41, 5.74) is 0.162. The fraction of sp³-hybridized carbons (Fsp3) is 0.706. The van der Waals surface area contributed by atoms with Gasteiger partial charge in [0.1, 0.15) is 11.6 Å². The van der Waals surface area contributed by atoms with Crippen molar-refractivity contribution in [2.24, 2.45) is 0 Å². The molecule has 1 saturated heterocycles. The molecule has 0 aromatic carbocycles. The number of hydrogen-bond acceptors (Lipinski definition) is 5. The molecule has 2 aliphatic rings. The lowest BCUT2D eigenvalue weighted by Crippen LogP contribution is -2.47. The second-order valence-corrected chi connectivity index (χ2v) is 6.36. The lowest BCUT2D eigenvalue weighted by molar-refractivity contribution is -0.128. The molecule has 2 fully saturated rings. The van der Waals surface area contributed by atoms with Gasteiger partial charge in [-0.3, -0.25) is 4.79 Å². The second-order valence-electron chi connectivity index (χ2n) is 6.36. The normalized spacial score (nSPS) is 19.6. The number of piperazine rings is 1. The van der Waals surface area contributed by atoms with Gasteiger partial charge in [-0.05, 0) is 12.8 Å². The van der Waals surface area contributed by atoms with Crippen LogP contribution in [0.1, 0.15) is 32.1 Å². The Kier molecular flexibility index (Phi) is 6.47. The molecule has 0 spiro atoms. The Morgan fingerprint density at radius 2 is 1.79 bits per heavy atom. The summed E-state index contributed by atoms with van der Waals surface area (Å²) in [5, 5.41) is 9.38. The summed E-state index contributed by atoms with van der Waals surface area (Å²) in [7, 11) is 3.15. The fourth-order valence-corrected chi connectivity index (χ4v) is 3.30. The average molecular weight is 334 g/mol. The number of amides is 2. The molecule has 0 atom stereocenters. The highest BCUT2D eigenvalue weighted by atomic mass is 16.5. The summed E-state index contributed by atoms with van der Waals surface area (Å²) in [6.07, 6.45) is 6.83. The lowest BCUT2D eigenvalue weighted by Gasteiger charge is -2.34. The Bertz CT molecular complexity index is 526. The van der Waals surface area contributed by atoms with Crippen LogP contribution in [-0.4, -0.2) is 73.1 Å². The number of nitriles is 1. The molecule has 0 aromatic rings. The molecule has 0 radical (unpaired) electrons. The summed E-state index contributed by atoms with van der Waals surface area (Å²) in [6, 6.07) is 2.27. The van der Waals surface area contributed by atoms with Crippen molar-refractivity contribution in [3.63, 3.8) is 0 Å². The van der Waals surface area contributed by atoms with E-state index in [1.807, 2.05) is 11.0 Å². The molecule has 2 rings (SSSR count). The maximum Gasteiger partial charge on any atom is 0.409 e. The molecule has 24 heavy (non-hydrogen) atoms. The largest absolute Gasteiger partial charge is 0.453 e. The van der Waals surface area contributed by atoms with Gasteiger partial charge in [-0.15, -0.1) is 0 Å². The minimum absolute atomic E-state index is 0.162. The predicted octanol–water partition coefficient (Wildman–Crippen LogP) is 1.57. The highest BCUT2D eigenvalue weighted by molar-refractivity contribution is 5.97. The van der Waals surface area contributed by atoms with Crippen LogP contribution >= 0.6 is 0 Å². The van der Waals surface area contributed by atoms with Crippen LogP contribution in [0.2, 0.25) is 0 Å². The van der Waals surface area contributed by atoms with Crippen molar-refractivity contribution < 1.29 is 14.3 Å². The highest BCUT2D eigenvalue weighted by Crippen LogP contribution is 2.22. The van der Waals surface area contributed by atoms with Crippen LogP contribution in [0.25, 0.3) is 0 Å². The molecule has 1 saturated carbocycles. The van der Waals surface area contributed by atoms with Crippen LogP contribution < -0.4 is 0 Å². The summed E-state index contributed by atoms with van der Waals surface area (Å²) < 4.78 is 4.70. The number of likely N-dealkylation sites (N-methyl/N-ethyl adjacent to an activating group) is 1. The van der Waals surface area contributed by atoms with Crippen molar-refractivity contribution in [3.8, 4) is 6.07 Å². The van der Waals surface area contributed by atoms with Crippen molar-refractivity contribution in [2.45, 2.75) is 38.1 Å². The molecule has 1 aliphatic heterocycles. The molecule has 1 heterocycles. The summed E-state index contributed by atoms with van der Waals surface area (Å²) >= 11 is 0. The number of ether oxygens (including phenoxy) is 1. The molecule has 7 nitrogen and oxygen atoms in total. The topological polar surface area (TPSA) is 76.9 Å². The Morgan fingerprint density at radius 3 is 2.33 bits per heavy atom. The van der Waals surface area contributed by atoms with Gasteiger partial charge in [0.05, 0.1) is 7.11 Å². The third kappa shape index (κ3) is 4.40. The van der Waals surface area contributed by atoms with Gasteiger partial charge in [0.2, 0.25) is 0 Å². The number of carbonyl (C=O) groups excluding carboxylic acids is 2. The Labute approximate surface area is 143 Å². The van der Waals surface area contributed by atoms with E-state index in [9.17, 15) is 14.9 Å². The van der Waals surface area contributed by atoms with E-state index in [-0.39, 0.29) is 23.6 Å². The SMILES string of the molecule is COC(=O)N1CCN(/C=C(/C#N)C(=O)N(C)C2CCCCC2)CC1. The lowest BCUT2D eigenvalue weighted by atomic mass is 9.94. The molecule has 0 bridgehead atoms. The Hall–Kier alpha value is -2.23. The molecule has 7 heteroatoms. The van der Waals surface area contributed by atoms with E-state index in [1.165, 1.54) is 13.5 Å². The van der Waals surface area contributed by atoms with Gasteiger partial charge in [0.15, 0.2) is 0 Å². The van der Waals surface area contributed by atoms with E-state index >= 15 is 0 Å². The van der Waals surface area contributed by atoms with Gasteiger partial charge in [-0.25, -0.2) is 4.79 Å². The standard InChI is InChI=1S/C17H26N4O3/c1-19(15-6-4-3-5-7-15)16(22)14(12-18)13-20-8-10-21(11-9-20)17(23)24-2/h13,15H,3-11H2,1-2H3/b14-13-. The molecule has 2 amide bonds. The van der Waals surface area contributed by atoms with Gasteiger partial charge < -0.3 is 19.4 Å². The van der Waals surface area contributed by atoms with E-state index in [0.717, 1.165) is 25.7 Å². The van der Waals surface area contributed by atoms with Crippen LogP contribution in [0.15, 0.2) is 11.8 Å². The molecule has 132 valence electrons. The highest BCUT2D eigenvalue weighted by Gasteiger charge is 2.26. The van der Waals surface area contributed by atoms with Gasteiger partial charge in [0.25, 0.3) is 5.91 Å². The Balaban J connectivity index is 1.95. The maximum atomic E-state index is 12.6. The number of rotatable bonds is 3. The summed E-state index contributed by atoms with van der Waals surface area (Å²) in [5.74, 6) is -0.209. The van der Waals surface area contributed by atoms with Crippen LogP contribution in [-0.2, 0) is 9.53 Å². The van der Waals surface area contributed by atoms with Crippen molar-refractivity contribution >= 4 is 12.0 Å². The molecule has 0 N–H and O–H groups in total. The van der Waals surface area contributed by atoms with E-state index in [2.05, 4.69) is 0 Å². The molecule has 1 aliphatic carbocycles. The summed E-state index contributed by atoms with van der Waals surface area (Å²) in [4.78, 5) is 29.3. The van der Waals surface area contributed by atoms with Crippen LogP contribution in [0.5, 0.6) is 0 Å². The van der Waals surface area contributed by atoms with E-state index in [0.29, 0.717) is 26.2 Å². The zero-order valence-corrected chi connectivity index (χ0v) is 14.5. The fourth-order valence-electron chi connectivity index (χ4n) is 3.30. The molecular weight excluding hydrogens is 308 g/mol. The zero-order valence-electron chi connectivity index (χ0n) is 14.5. The van der Waals surface area contributed by atoms with Crippen LogP contribution in [0.3, 0.4) is 0 Å². The van der Waals surface area contributed by atoms with Crippen LogP contribution in [0.4, 0.5) is 4.79 Å². The first kappa shape index (κ1) is 18.1. The van der Waals surface area contributed by atoms with Crippen molar-refractivity contribution in [1.82, 2.24) is 14.7 Å². The third-order valence-electron chi connectivity index (χ3n) is 4.85. The van der Waals surface area contributed by atoms with Crippen molar-refractivity contribution in [1.29, 1.82) is 5.26 Å². The number of nitrogens with zero attached hydrogens (tertiary/aromatic N) is 4. The van der Waals surface area contributed by atoms with E-state index in [1.54, 1.807) is 23.0 Å². The maximum absolute atomic E-state index is 12.6. The second kappa shape index (κ2) is 8.57. The molecular formula is C17H26N4O3. The smallest absolute Gasteiger partial charge is 0.409 e. The van der Waals surface area contributed by atoms with Crippen molar-refractivity contribution in [3.05, 3.63) is 11.8 Å². The van der Waals surface area contributed by atoms with E-state index < -0.39 is 0 Å². The first-order valence-corrected chi connectivity index (χ1v) is 8.53. The number of carbonyl (C=O) groups is 2. The quantitative estimate of drug-likeness (QED) is 0.578. The molecule has 0 aromatic heterocycles. The average Bonchev–Trinajstić information content (AvgIpc) is 2.65. The molecule has 0 unspecified atom stereocenters. The zero-order chi connectivity index (χ0) is 17.5. The van der Waals surface area contributed by atoms with E-state index in [4.69, 9.17) is 4.74 Å². The van der Waals surface area contributed by atoms with Gasteiger partial charge >= 0.3 is 6.09 Å². The number of hydrogen-bond donors (Lipinski definition) is 0. The monoisotopic (exact) mass is 334 g/mol. The summed E-state index contributed by atoms with van der Waals surface area (Å²) in [6.45, 7) is 2.21. The van der Waals surface area contributed by atoms with Gasteiger partial charge in [-0.2, -0.15) is 5.26 Å². The van der Waals surface area contributed by atoms with Crippen LogP contribution in [0, 0.1) is 11.3 Å². The first-order chi connectivity index (χ1) is 11.6. The first-order valence-electron chi connectivity index (χ1n) is 8.53. The third-order valence-corrected chi connectivity index (χ3v) is 4.85. The van der Waals surface area contributed by atoms with Gasteiger partial charge in [0, 0.05) is 45.5 Å². The van der Waals surface area contributed by atoms with Crippen molar-refractivity contribution in [2.75, 3.05) is 40.3 Å². The predicted molar refractivity (Wildman–Crippen MR) is 88.9 cm³/mol. The minimum Gasteiger partial charge on any atom is -0.453 e. The van der Waals surface area contributed by atoms with Gasteiger partial charge in [-0.1, -0.05) is 19.3 Å². The number of methoxy groups -OCH3 is 1. The Morgan fingerprint density at radius 1 is 1.17 bits per heavy atom. The minimum atomic E-state index is -0.341.